The van der Waals surface area contributed by atoms with Crippen LogP contribution in [0.5, 0.6) is 0 Å². The van der Waals surface area contributed by atoms with E-state index in [2.05, 4.69) is 25.5 Å². The Morgan fingerprint density at radius 2 is 2.07 bits per heavy atom. The van der Waals surface area contributed by atoms with E-state index >= 15 is 0 Å². The van der Waals surface area contributed by atoms with Gasteiger partial charge in [-0.15, -0.1) is 0 Å². The average molecular weight is 214 g/mol. The lowest BCUT2D eigenvalue weighted by molar-refractivity contribution is -0.150. The van der Waals surface area contributed by atoms with E-state index < -0.39 is 0 Å². The van der Waals surface area contributed by atoms with Crippen LogP contribution in [0.1, 0.15) is 40.0 Å². The number of carbonyl (C=O) groups excluding carboxylic acids is 1. The van der Waals surface area contributed by atoms with Gasteiger partial charge in [-0.1, -0.05) is 20.8 Å². The monoisotopic (exact) mass is 214 g/mol. The molecule has 0 aromatic rings. The van der Waals surface area contributed by atoms with Crippen LogP contribution < -0.4 is 0 Å². The van der Waals surface area contributed by atoms with Gasteiger partial charge in [-0.2, -0.15) is 0 Å². The van der Waals surface area contributed by atoms with Crippen molar-refractivity contribution in [1.82, 2.24) is 0 Å². The van der Waals surface area contributed by atoms with E-state index in [1.54, 1.807) is 0 Å². The Labute approximate surface area is 92.1 Å². The van der Waals surface area contributed by atoms with Crippen molar-refractivity contribution in [1.29, 1.82) is 0 Å². The minimum atomic E-state index is -0.286. The predicted octanol–water partition coefficient (Wildman–Crippen LogP) is 2.39. The Morgan fingerprint density at radius 1 is 1.40 bits per heavy atom. The van der Waals surface area contributed by atoms with E-state index in [4.69, 9.17) is 4.74 Å². The zero-order valence-corrected chi connectivity index (χ0v) is 10.2. The third-order valence-corrected chi connectivity index (χ3v) is 3.01. The molecule has 0 amide bonds. The molecule has 0 bridgehead atoms. The first-order chi connectivity index (χ1) is 6.93. The second-order valence-electron chi connectivity index (χ2n) is 5.42. The van der Waals surface area contributed by atoms with Crippen molar-refractivity contribution in [3.05, 3.63) is 0 Å². The van der Waals surface area contributed by atoms with Crippen LogP contribution in [0.3, 0.4) is 0 Å². The zero-order chi connectivity index (χ0) is 11.5. The molecule has 1 aliphatic carbocycles. The Morgan fingerprint density at radius 3 is 2.60 bits per heavy atom. The largest absolute Gasteiger partial charge is 0.467 e. The number of carbonyl (C=O) groups is 1. The number of esters is 1. The molecule has 0 heterocycles. The van der Waals surface area contributed by atoms with Gasteiger partial charge in [0.1, 0.15) is 6.61 Å². The van der Waals surface area contributed by atoms with Gasteiger partial charge < -0.3 is 9.47 Å². The summed E-state index contributed by atoms with van der Waals surface area (Å²) in [6.07, 6.45) is 3.54. The van der Waals surface area contributed by atoms with Crippen molar-refractivity contribution >= 4 is 5.97 Å². The van der Waals surface area contributed by atoms with E-state index in [1.807, 2.05) is 0 Å². The summed E-state index contributed by atoms with van der Waals surface area (Å²) >= 11 is 0. The van der Waals surface area contributed by atoms with Crippen molar-refractivity contribution in [3.8, 4) is 0 Å². The number of methoxy groups -OCH3 is 1. The van der Waals surface area contributed by atoms with Crippen LogP contribution in [0.2, 0.25) is 0 Å². The van der Waals surface area contributed by atoms with Gasteiger partial charge in [0.05, 0.1) is 13.2 Å². The van der Waals surface area contributed by atoms with E-state index in [-0.39, 0.29) is 18.7 Å². The first kappa shape index (κ1) is 12.5. The van der Waals surface area contributed by atoms with Crippen molar-refractivity contribution in [3.63, 3.8) is 0 Å². The molecule has 0 radical (unpaired) electrons. The number of ether oxygens (including phenoxy) is 2. The molecule has 0 saturated heterocycles. The Balaban J connectivity index is 2.38. The van der Waals surface area contributed by atoms with Gasteiger partial charge in [0.25, 0.3) is 0 Å². The van der Waals surface area contributed by atoms with Gasteiger partial charge in [0.15, 0.2) is 0 Å². The molecule has 3 nitrogen and oxygen atoms in total. The Hall–Kier alpha value is -0.570. The highest BCUT2D eigenvalue weighted by Gasteiger charge is 2.32. The van der Waals surface area contributed by atoms with Crippen LogP contribution in [0.4, 0.5) is 0 Å². The van der Waals surface area contributed by atoms with Crippen LogP contribution in [-0.4, -0.2) is 25.8 Å². The lowest BCUT2D eigenvalue weighted by atomic mass is 9.71. The van der Waals surface area contributed by atoms with Gasteiger partial charge in [0.2, 0.25) is 0 Å². The zero-order valence-electron chi connectivity index (χ0n) is 10.2. The first-order valence-electron chi connectivity index (χ1n) is 5.61. The van der Waals surface area contributed by atoms with Gasteiger partial charge in [0, 0.05) is 0 Å². The van der Waals surface area contributed by atoms with E-state index in [0.717, 1.165) is 12.8 Å². The maximum atomic E-state index is 11.0. The molecule has 15 heavy (non-hydrogen) atoms. The summed E-state index contributed by atoms with van der Waals surface area (Å²) in [4.78, 5) is 11.0. The van der Waals surface area contributed by atoms with Crippen molar-refractivity contribution in [2.45, 2.75) is 46.1 Å². The number of hydrogen-bond acceptors (Lipinski definition) is 3. The molecule has 0 aliphatic heterocycles. The first-order valence-corrected chi connectivity index (χ1v) is 5.61. The second kappa shape index (κ2) is 4.97. The fraction of sp³-hybridized carbons (Fsp3) is 0.917. The van der Waals surface area contributed by atoms with E-state index in [1.165, 1.54) is 13.5 Å². The molecule has 2 atom stereocenters. The molecule has 3 heteroatoms. The molecule has 88 valence electrons. The van der Waals surface area contributed by atoms with Gasteiger partial charge in [-0.05, 0) is 30.6 Å². The maximum Gasteiger partial charge on any atom is 0.331 e. The molecular weight excluding hydrogens is 192 g/mol. The second-order valence-corrected chi connectivity index (χ2v) is 5.42. The molecule has 1 rings (SSSR count). The molecule has 0 spiro atoms. The highest BCUT2D eigenvalue weighted by molar-refractivity contribution is 5.70. The maximum absolute atomic E-state index is 11.0. The summed E-state index contributed by atoms with van der Waals surface area (Å²) in [5.74, 6) is 0.391. The highest BCUT2D eigenvalue weighted by atomic mass is 16.6. The quantitative estimate of drug-likeness (QED) is 0.677. The minimum Gasteiger partial charge on any atom is -0.467 e. The van der Waals surface area contributed by atoms with Crippen molar-refractivity contribution in [2.75, 3.05) is 13.7 Å². The third kappa shape index (κ3) is 4.20. The average Bonchev–Trinajstić information content (AvgIpc) is 2.11. The van der Waals surface area contributed by atoms with Crippen molar-refractivity contribution in [2.24, 2.45) is 11.3 Å². The molecule has 1 saturated carbocycles. The Bertz CT molecular complexity index is 223. The van der Waals surface area contributed by atoms with Gasteiger partial charge in [-0.25, -0.2) is 4.79 Å². The molecule has 2 unspecified atom stereocenters. The van der Waals surface area contributed by atoms with Crippen LogP contribution >= 0.6 is 0 Å². The summed E-state index contributed by atoms with van der Waals surface area (Å²) in [7, 11) is 1.39. The summed E-state index contributed by atoms with van der Waals surface area (Å²) in [6.45, 7) is 6.85. The minimum absolute atomic E-state index is 0.0873. The van der Waals surface area contributed by atoms with Crippen LogP contribution in [0, 0.1) is 11.3 Å². The van der Waals surface area contributed by atoms with Crippen LogP contribution in [0.25, 0.3) is 0 Å². The molecular formula is C12H22O3. The fourth-order valence-corrected chi connectivity index (χ4v) is 2.63. The predicted molar refractivity (Wildman–Crippen MR) is 58.6 cm³/mol. The van der Waals surface area contributed by atoms with Crippen molar-refractivity contribution < 1.29 is 14.3 Å². The number of hydrogen-bond donors (Lipinski definition) is 0. The topological polar surface area (TPSA) is 35.5 Å². The summed E-state index contributed by atoms with van der Waals surface area (Å²) in [5, 5.41) is 0. The molecule has 1 aliphatic rings. The summed E-state index contributed by atoms with van der Waals surface area (Å²) < 4.78 is 10.1. The third-order valence-electron chi connectivity index (χ3n) is 3.01. The summed E-state index contributed by atoms with van der Waals surface area (Å²) in [5.41, 5.74) is 0.332. The fourth-order valence-electron chi connectivity index (χ4n) is 2.63. The molecule has 1 fully saturated rings. The lowest BCUT2D eigenvalue weighted by Crippen LogP contribution is -2.33. The van der Waals surface area contributed by atoms with E-state index in [0.29, 0.717) is 11.3 Å². The molecule has 0 aromatic heterocycles. The number of rotatable bonds is 3. The lowest BCUT2D eigenvalue weighted by Gasteiger charge is -2.38. The van der Waals surface area contributed by atoms with Gasteiger partial charge in [-0.3, -0.25) is 0 Å². The van der Waals surface area contributed by atoms with E-state index in [9.17, 15) is 4.79 Å². The Kier molecular flexibility index (Phi) is 4.14. The smallest absolute Gasteiger partial charge is 0.331 e. The SMILES string of the molecule is COC(=O)COC1CC(C)CC(C)(C)C1. The highest BCUT2D eigenvalue weighted by Crippen LogP contribution is 2.39. The van der Waals surface area contributed by atoms with Gasteiger partial charge >= 0.3 is 5.97 Å². The van der Waals surface area contributed by atoms with Crippen LogP contribution in [-0.2, 0) is 14.3 Å². The summed E-state index contributed by atoms with van der Waals surface area (Å²) in [6, 6.07) is 0. The standard InChI is InChI=1S/C12H22O3/c1-9-5-10(7-12(2,3)6-9)15-8-11(13)14-4/h9-10H,5-8H2,1-4H3. The normalized spacial score (nSPS) is 29.9. The van der Waals surface area contributed by atoms with Crippen LogP contribution in [0.15, 0.2) is 0 Å². The molecule has 0 aromatic carbocycles. The molecule has 0 N–H and O–H groups in total.